The van der Waals surface area contributed by atoms with E-state index in [0.29, 0.717) is 18.0 Å². The molecule has 0 amide bonds. The first kappa shape index (κ1) is 14.5. The number of hydrogen-bond acceptors (Lipinski definition) is 2. The number of piperidine rings is 1. The van der Waals surface area contributed by atoms with Crippen LogP contribution in [0.2, 0.25) is 5.02 Å². The number of benzene rings is 1. The molecule has 0 unspecified atom stereocenters. The van der Waals surface area contributed by atoms with Crippen LogP contribution in [0.5, 0.6) is 0 Å². The van der Waals surface area contributed by atoms with E-state index in [9.17, 15) is 4.39 Å². The molecule has 3 nitrogen and oxygen atoms in total. The van der Waals surface area contributed by atoms with E-state index in [1.54, 1.807) is 12.1 Å². The van der Waals surface area contributed by atoms with Gasteiger partial charge >= 0.3 is 0 Å². The second-order valence-electron chi connectivity index (χ2n) is 5.68. The van der Waals surface area contributed by atoms with Gasteiger partial charge in [0.15, 0.2) is 0 Å². The number of rotatable bonds is 3. The summed E-state index contributed by atoms with van der Waals surface area (Å²) in [6.07, 6.45) is 6.06. The maximum atomic E-state index is 14.0. The standard InChI is InChI=1S/C16H19ClFN3/c1-20-9-7-19-16(20)13-5-3-8-21(11-13)10-12-4-2-6-14(17)15(12)18/h2,4,6-7,9,13H,3,5,8,10-11H2,1H3/t13-/m0/s1. The van der Waals surface area contributed by atoms with Crippen LogP contribution >= 0.6 is 11.6 Å². The van der Waals surface area contributed by atoms with Crippen molar-refractivity contribution in [3.8, 4) is 0 Å². The number of halogens is 2. The van der Waals surface area contributed by atoms with Gasteiger partial charge in [0.1, 0.15) is 11.6 Å². The molecular weight excluding hydrogens is 289 g/mol. The molecule has 1 aliphatic heterocycles. The summed E-state index contributed by atoms with van der Waals surface area (Å²) < 4.78 is 16.1. The van der Waals surface area contributed by atoms with E-state index >= 15 is 0 Å². The third-order valence-corrected chi connectivity index (χ3v) is 4.45. The molecule has 0 aliphatic carbocycles. The number of aromatic nitrogens is 2. The number of nitrogens with zero attached hydrogens (tertiary/aromatic N) is 3. The minimum Gasteiger partial charge on any atom is -0.338 e. The van der Waals surface area contributed by atoms with E-state index in [0.717, 1.165) is 31.8 Å². The summed E-state index contributed by atoms with van der Waals surface area (Å²) in [6.45, 7) is 2.51. The lowest BCUT2D eigenvalue weighted by Crippen LogP contribution is -2.35. The maximum absolute atomic E-state index is 14.0. The molecule has 0 N–H and O–H groups in total. The van der Waals surface area contributed by atoms with Crippen LogP contribution in [0.15, 0.2) is 30.6 Å². The fraction of sp³-hybridized carbons (Fsp3) is 0.438. The molecule has 21 heavy (non-hydrogen) atoms. The van der Waals surface area contributed by atoms with E-state index in [-0.39, 0.29) is 10.8 Å². The van der Waals surface area contributed by atoms with Crippen LogP contribution in [-0.2, 0) is 13.6 Å². The van der Waals surface area contributed by atoms with Gasteiger partial charge in [0.05, 0.1) is 5.02 Å². The molecule has 1 fully saturated rings. The number of likely N-dealkylation sites (tertiary alicyclic amines) is 1. The highest BCUT2D eigenvalue weighted by Gasteiger charge is 2.24. The first-order valence-corrected chi connectivity index (χ1v) is 7.65. The smallest absolute Gasteiger partial charge is 0.146 e. The lowest BCUT2D eigenvalue weighted by atomic mass is 9.96. The number of imidazole rings is 1. The third kappa shape index (κ3) is 3.11. The van der Waals surface area contributed by atoms with E-state index < -0.39 is 0 Å². The van der Waals surface area contributed by atoms with Gasteiger partial charge in [-0.15, -0.1) is 0 Å². The Kier molecular flexibility index (Phi) is 4.27. The summed E-state index contributed by atoms with van der Waals surface area (Å²) >= 11 is 5.86. The molecule has 0 spiro atoms. The second-order valence-corrected chi connectivity index (χ2v) is 6.09. The van der Waals surface area contributed by atoms with Crippen molar-refractivity contribution in [1.82, 2.24) is 14.5 Å². The van der Waals surface area contributed by atoms with Crippen LogP contribution in [0.1, 0.15) is 30.1 Å². The average Bonchev–Trinajstić information content (AvgIpc) is 2.90. The van der Waals surface area contributed by atoms with Crippen molar-refractivity contribution < 1.29 is 4.39 Å². The zero-order valence-corrected chi connectivity index (χ0v) is 12.9. The van der Waals surface area contributed by atoms with Crippen molar-refractivity contribution >= 4 is 11.6 Å². The number of aryl methyl sites for hydroxylation is 1. The van der Waals surface area contributed by atoms with Gasteiger partial charge in [-0.2, -0.15) is 0 Å². The molecule has 1 aliphatic rings. The van der Waals surface area contributed by atoms with Crippen LogP contribution in [-0.4, -0.2) is 27.5 Å². The molecule has 2 heterocycles. The van der Waals surface area contributed by atoms with Crippen LogP contribution < -0.4 is 0 Å². The largest absolute Gasteiger partial charge is 0.338 e. The van der Waals surface area contributed by atoms with Crippen LogP contribution in [0.4, 0.5) is 4.39 Å². The van der Waals surface area contributed by atoms with Crippen molar-refractivity contribution in [2.75, 3.05) is 13.1 Å². The SMILES string of the molecule is Cn1ccnc1[C@H]1CCCN(Cc2cccc(Cl)c2F)C1. The predicted octanol–water partition coefficient (Wildman–Crippen LogP) is 3.59. The van der Waals surface area contributed by atoms with Gasteiger partial charge < -0.3 is 4.57 Å². The molecule has 3 rings (SSSR count). The number of hydrogen-bond donors (Lipinski definition) is 0. The van der Waals surface area contributed by atoms with Crippen molar-refractivity contribution in [1.29, 1.82) is 0 Å². The van der Waals surface area contributed by atoms with Gasteiger partial charge in [0.2, 0.25) is 0 Å². The second kappa shape index (κ2) is 6.16. The highest BCUT2D eigenvalue weighted by atomic mass is 35.5. The summed E-state index contributed by atoms with van der Waals surface area (Å²) in [4.78, 5) is 6.74. The molecule has 1 saturated heterocycles. The Hall–Kier alpha value is -1.39. The fourth-order valence-corrected chi connectivity index (χ4v) is 3.29. The lowest BCUT2D eigenvalue weighted by Gasteiger charge is -2.32. The third-order valence-electron chi connectivity index (χ3n) is 4.15. The minimum absolute atomic E-state index is 0.199. The monoisotopic (exact) mass is 307 g/mol. The van der Waals surface area contributed by atoms with Gasteiger partial charge in [-0.3, -0.25) is 4.90 Å². The van der Waals surface area contributed by atoms with E-state index in [1.165, 1.54) is 0 Å². The Morgan fingerprint density at radius 2 is 2.29 bits per heavy atom. The summed E-state index contributed by atoms with van der Waals surface area (Å²) in [5.74, 6) is 1.24. The maximum Gasteiger partial charge on any atom is 0.146 e. The fourth-order valence-electron chi connectivity index (χ4n) is 3.09. The van der Waals surface area contributed by atoms with Crippen molar-refractivity contribution in [2.24, 2.45) is 7.05 Å². The highest BCUT2D eigenvalue weighted by Crippen LogP contribution is 2.27. The molecule has 1 atom stereocenters. The normalized spacial score (nSPS) is 19.9. The van der Waals surface area contributed by atoms with Crippen LogP contribution in [0, 0.1) is 5.82 Å². The summed E-state index contributed by atoms with van der Waals surface area (Å²) in [7, 11) is 2.03. The Morgan fingerprint density at radius 1 is 1.43 bits per heavy atom. The highest BCUT2D eigenvalue weighted by molar-refractivity contribution is 6.30. The summed E-state index contributed by atoms with van der Waals surface area (Å²) in [6, 6.07) is 5.21. The molecular formula is C16H19ClFN3. The van der Waals surface area contributed by atoms with Gasteiger partial charge in [-0.05, 0) is 25.5 Å². The van der Waals surface area contributed by atoms with Crippen LogP contribution in [0.25, 0.3) is 0 Å². The Morgan fingerprint density at radius 3 is 3.05 bits per heavy atom. The Balaban J connectivity index is 1.72. The average molecular weight is 308 g/mol. The van der Waals surface area contributed by atoms with Gasteiger partial charge in [-0.1, -0.05) is 23.7 Å². The van der Waals surface area contributed by atoms with Crippen LogP contribution in [0.3, 0.4) is 0 Å². The topological polar surface area (TPSA) is 21.1 Å². The molecule has 0 radical (unpaired) electrons. The zero-order valence-electron chi connectivity index (χ0n) is 12.1. The molecule has 0 bridgehead atoms. The van der Waals surface area contributed by atoms with Gasteiger partial charge in [0, 0.05) is 44.0 Å². The predicted molar refractivity (Wildman–Crippen MR) is 81.9 cm³/mol. The quantitative estimate of drug-likeness (QED) is 0.864. The van der Waals surface area contributed by atoms with Crippen molar-refractivity contribution in [3.63, 3.8) is 0 Å². The Bertz CT molecular complexity index is 626. The minimum atomic E-state index is -0.293. The van der Waals surface area contributed by atoms with E-state index in [1.807, 2.05) is 25.5 Å². The summed E-state index contributed by atoms with van der Waals surface area (Å²) in [5, 5.41) is 0.199. The summed E-state index contributed by atoms with van der Waals surface area (Å²) in [5.41, 5.74) is 0.669. The molecule has 1 aromatic carbocycles. The zero-order chi connectivity index (χ0) is 14.8. The molecule has 5 heteroatoms. The van der Waals surface area contributed by atoms with E-state index in [2.05, 4.69) is 14.5 Å². The van der Waals surface area contributed by atoms with Crippen molar-refractivity contribution in [3.05, 3.63) is 52.8 Å². The molecule has 2 aromatic rings. The Labute approximate surface area is 129 Å². The van der Waals surface area contributed by atoms with Crippen molar-refractivity contribution in [2.45, 2.75) is 25.3 Å². The molecule has 112 valence electrons. The molecule has 0 saturated carbocycles. The van der Waals surface area contributed by atoms with E-state index in [4.69, 9.17) is 11.6 Å². The first-order valence-electron chi connectivity index (χ1n) is 7.27. The first-order chi connectivity index (χ1) is 10.1. The van der Waals surface area contributed by atoms with Gasteiger partial charge in [-0.25, -0.2) is 9.37 Å². The lowest BCUT2D eigenvalue weighted by molar-refractivity contribution is 0.193. The van der Waals surface area contributed by atoms with Gasteiger partial charge in [0.25, 0.3) is 0 Å². The molecule has 1 aromatic heterocycles.